The molecule has 0 unspecified atom stereocenters. The number of hydrogen-bond donors (Lipinski definition) is 1. The molecule has 1 heterocycles. The number of nitro benzene ring substituents is 1. The fourth-order valence-corrected chi connectivity index (χ4v) is 3.15. The molecule has 2 aromatic carbocycles. The Labute approximate surface area is 135 Å². The molecule has 0 radical (unpaired) electrons. The Bertz CT molecular complexity index is 904. The van der Waals surface area contributed by atoms with Gasteiger partial charge in [-0.3, -0.25) is 10.1 Å². The fourth-order valence-electron chi connectivity index (χ4n) is 2.20. The number of carbonyl (C=O) groups excluding carboxylic acids is 1. The Morgan fingerprint density at radius 2 is 2.04 bits per heavy atom. The minimum atomic E-state index is -0.626. The average molecular weight is 328 g/mol. The number of rotatable bonds is 4. The van der Waals surface area contributed by atoms with E-state index in [4.69, 9.17) is 10.5 Å². The number of benzene rings is 2. The zero-order chi connectivity index (χ0) is 16.4. The van der Waals surface area contributed by atoms with Gasteiger partial charge in [-0.25, -0.2) is 4.79 Å². The number of nitro groups is 1. The summed E-state index contributed by atoms with van der Waals surface area (Å²) in [7, 11) is 0. The highest BCUT2D eigenvalue weighted by Gasteiger charge is 2.17. The number of carbonyl (C=O) groups is 1. The Balaban J connectivity index is 1.77. The first-order valence-corrected chi connectivity index (χ1v) is 7.60. The van der Waals surface area contributed by atoms with Gasteiger partial charge < -0.3 is 10.5 Å². The molecule has 1 aromatic heterocycles. The lowest BCUT2D eigenvalue weighted by Gasteiger charge is -2.05. The minimum Gasteiger partial charge on any atom is -0.457 e. The molecule has 0 atom stereocenters. The van der Waals surface area contributed by atoms with Gasteiger partial charge in [0.15, 0.2) is 0 Å². The molecule has 0 aliphatic carbocycles. The summed E-state index contributed by atoms with van der Waals surface area (Å²) in [6.07, 6.45) is 0. The van der Waals surface area contributed by atoms with Crippen molar-refractivity contribution >= 4 is 38.8 Å². The average Bonchev–Trinajstić information content (AvgIpc) is 2.96. The van der Waals surface area contributed by atoms with E-state index in [0.717, 1.165) is 21.7 Å². The molecular weight excluding hydrogens is 316 g/mol. The number of fused-ring (bicyclic) bond motifs is 1. The molecule has 7 heteroatoms. The number of thiophene rings is 1. The van der Waals surface area contributed by atoms with Crippen LogP contribution in [0.15, 0.2) is 47.8 Å². The highest BCUT2D eigenvalue weighted by Crippen LogP contribution is 2.27. The van der Waals surface area contributed by atoms with Crippen LogP contribution in [0.1, 0.15) is 15.9 Å². The lowest BCUT2D eigenvalue weighted by atomic mass is 10.1. The van der Waals surface area contributed by atoms with Crippen LogP contribution in [0.2, 0.25) is 0 Å². The van der Waals surface area contributed by atoms with Gasteiger partial charge in [0.25, 0.3) is 5.69 Å². The second-order valence-corrected chi connectivity index (χ2v) is 5.78. The van der Waals surface area contributed by atoms with Crippen molar-refractivity contribution in [3.8, 4) is 0 Å². The smallest absolute Gasteiger partial charge is 0.338 e. The van der Waals surface area contributed by atoms with E-state index in [-0.39, 0.29) is 23.5 Å². The molecule has 0 saturated heterocycles. The van der Waals surface area contributed by atoms with Gasteiger partial charge in [-0.05, 0) is 29.0 Å². The molecule has 116 valence electrons. The third kappa shape index (κ3) is 3.00. The predicted octanol–water partition coefficient (Wildman–Crippen LogP) is 3.75. The maximum absolute atomic E-state index is 12.1. The molecular formula is C16H12N2O4S. The Kier molecular flexibility index (Phi) is 3.94. The summed E-state index contributed by atoms with van der Waals surface area (Å²) in [6, 6.07) is 11.7. The van der Waals surface area contributed by atoms with Crippen LogP contribution in [0.25, 0.3) is 10.1 Å². The van der Waals surface area contributed by atoms with E-state index >= 15 is 0 Å². The van der Waals surface area contributed by atoms with Crippen LogP contribution in [-0.4, -0.2) is 10.9 Å². The maximum Gasteiger partial charge on any atom is 0.338 e. The van der Waals surface area contributed by atoms with Crippen molar-refractivity contribution in [3.63, 3.8) is 0 Å². The van der Waals surface area contributed by atoms with Crippen molar-refractivity contribution < 1.29 is 14.5 Å². The number of hydrogen-bond acceptors (Lipinski definition) is 6. The number of nitrogens with two attached hydrogens (primary N) is 1. The summed E-state index contributed by atoms with van der Waals surface area (Å²) < 4.78 is 6.37. The van der Waals surface area contributed by atoms with Gasteiger partial charge in [0.05, 0.1) is 10.5 Å². The molecule has 0 amide bonds. The molecule has 6 nitrogen and oxygen atoms in total. The molecule has 0 spiro atoms. The molecule has 0 bridgehead atoms. The molecule has 2 N–H and O–H groups in total. The summed E-state index contributed by atoms with van der Waals surface area (Å²) >= 11 is 1.57. The molecule has 0 fully saturated rings. The second-order valence-electron chi connectivity index (χ2n) is 4.86. The lowest BCUT2D eigenvalue weighted by Crippen LogP contribution is -2.06. The van der Waals surface area contributed by atoms with Crippen LogP contribution >= 0.6 is 11.3 Å². The Morgan fingerprint density at radius 3 is 2.83 bits per heavy atom. The SMILES string of the molecule is Nc1ccc(C(=O)OCc2csc3ccccc23)cc1[N+](=O)[O-]. The van der Waals surface area contributed by atoms with Crippen LogP contribution in [0.5, 0.6) is 0 Å². The van der Waals surface area contributed by atoms with Gasteiger partial charge in [0, 0.05) is 16.3 Å². The number of esters is 1. The van der Waals surface area contributed by atoms with E-state index in [0.29, 0.717) is 0 Å². The van der Waals surface area contributed by atoms with Crippen LogP contribution in [0.4, 0.5) is 11.4 Å². The van der Waals surface area contributed by atoms with Gasteiger partial charge in [-0.2, -0.15) is 0 Å². The van der Waals surface area contributed by atoms with E-state index in [1.54, 1.807) is 11.3 Å². The predicted molar refractivity (Wildman–Crippen MR) is 88.5 cm³/mol. The van der Waals surface area contributed by atoms with E-state index in [9.17, 15) is 14.9 Å². The van der Waals surface area contributed by atoms with Gasteiger partial charge in [0.2, 0.25) is 0 Å². The third-order valence-electron chi connectivity index (χ3n) is 3.38. The molecule has 0 aliphatic heterocycles. The molecule has 0 saturated carbocycles. The van der Waals surface area contributed by atoms with Crippen molar-refractivity contribution in [1.29, 1.82) is 0 Å². The van der Waals surface area contributed by atoms with Gasteiger partial charge in [0.1, 0.15) is 12.3 Å². The van der Waals surface area contributed by atoms with Crippen molar-refractivity contribution in [1.82, 2.24) is 0 Å². The number of nitrogen functional groups attached to an aromatic ring is 1. The van der Waals surface area contributed by atoms with Crippen LogP contribution in [0.3, 0.4) is 0 Å². The zero-order valence-electron chi connectivity index (χ0n) is 11.9. The highest BCUT2D eigenvalue weighted by atomic mass is 32.1. The Morgan fingerprint density at radius 1 is 1.26 bits per heavy atom. The third-order valence-corrected chi connectivity index (χ3v) is 4.40. The molecule has 3 aromatic rings. The standard InChI is InChI=1S/C16H12N2O4S/c17-13-6-5-10(7-14(13)18(20)21)16(19)22-8-11-9-23-15-4-2-1-3-12(11)15/h1-7,9H,8,17H2. The number of ether oxygens (including phenoxy) is 1. The molecule has 23 heavy (non-hydrogen) atoms. The normalized spacial score (nSPS) is 10.6. The first-order valence-electron chi connectivity index (χ1n) is 6.72. The maximum atomic E-state index is 12.1. The topological polar surface area (TPSA) is 95.5 Å². The van der Waals surface area contributed by atoms with Gasteiger partial charge in [-0.15, -0.1) is 11.3 Å². The van der Waals surface area contributed by atoms with Crippen LogP contribution in [-0.2, 0) is 11.3 Å². The van der Waals surface area contributed by atoms with Crippen LogP contribution in [0, 0.1) is 10.1 Å². The van der Waals surface area contributed by atoms with Crippen LogP contribution < -0.4 is 5.73 Å². The van der Waals surface area contributed by atoms with E-state index in [1.165, 1.54) is 12.1 Å². The summed E-state index contributed by atoms with van der Waals surface area (Å²) in [4.78, 5) is 22.3. The number of anilines is 1. The van der Waals surface area contributed by atoms with E-state index in [2.05, 4.69) is 0 Å². The summed E-state index contributed by atoms with van der Waals surface area (Å²) in [5.74, 6) is -0.622. The summed E-state index contributed by atoms with van der Waals surface area (Å²) in [6.45, 7) is 0.112. The minimum absolute atomic E-state index is 0.00961. The monoisotopic (exact) mass is 328 g/mol. The van der Waals surface area contributed by atoms with Gasteiger partial charge in [-0.1, -0.05) is 18.2 Å². The molecule has 3 rings (SSSR count). The summed E-state index contributed by atoms with van der Waals surface area (Å²) in [5, 5.41) is 13.8. The van der Waals surface area contributed by atoms with E-state index in [1.807, 2.05) is 29.6 Å². The van der Waals surface area contributed by atoms with Crippen molar-refractivity contribution in [2.75, 3.05) is 5.73 Å². The Hall–Kier alpha value is -2.93. The number of nitrogens with zero attached hydrogens (tertiary/aromatic N) is 1. The molecule has 0 aliphatic rings. The quantitative estimate of drug-likeness (QED) is 0.340. The van der Waals surface area contributed by atoms with Crippen molar-refractivity contribution in [3.05, 3.63) is 69.1 Å². The largest absolute Gasteiger partial charge is 0.457 e. The zero-order valence-corrected chi connectivity index (χ0v) is 12.7. The summed E-state index contributed by atoms with van der Waals surface area (Å²) in [5.41, 5.74) is 6.22. The van der Waals surface area contributed by atoms with Crippen molar-refractivity contribution in [2.45, 2.75) is 6.61 Å². The van der Waals surface area contributed by atoms with Crippen molar-refractivity contribution in [2.24, 2.45) is 0 Å². The lowest BCUT2D eigenvalue weighted by molar-refractivity contribution is -0.383. The second kappa shape index (κ2) is 6.05. The van der Waals surface area contributed by atoms with Gasteiger partial charge >= 0.3 is 5.97 Å². The first-order chi connectivity index (χ1) is 11.1. The first kappa shape index (κ1) is 15.0. The van der Waals surface area contributed by atoms with E-state index < -0.39 is 10.9 Å². The highest BCUT2D eigenvalue weighted by molar-refractivity contribution is 7.17. The fraction of sp³-hybridized carbons (Fsp3) is 0.0625.